The van der Waals surface area contributed by atoms with Gasteiger partial charge in [-0.25, -0.2) is 9.59 Å². The van der Waals surface area contributed by atoms with E-state index >= 15 is 0 Å². The number of rotatable bonds is 7. The summed E-state index contributed by atoms with van der Waals surface area (Å²) < 4.78 is 9.73. The van der Waals surface area contributed by atoms with Gasteiger partial charge in [0, 0.05) is 16.1 Å². The van der Waals surface area contributed by atoms with Gasteiger partial charge in [-0.15, -0.1) is 11.8 Å². The van der Waals surface area contributed by atoms with Crippen molar-refractivity contribution in [1.82, 2.24) is 5.32 Å². The van der Waals surface area contributed by atoms with Crippen molar-refractivity contribution in [2.24, 2.45) is 0 Å². The van der Waals surface area contributed by atoms with Crippen molar-refractivity contribution in [2.45, 2.75) is 56.8 Å². The van der Waals surface area contributed by atoms with Crippen LogP contribution >= 0.6 is 11.8 Å². The summed E-state index contributed by atoms with van der Waals surface area (Å²) in [6, 6.07) is 6.47. The van der Waals surface area contributed by atoms with Crippen molar-refractivity contribution < 1.29 is 24.2 Å². The number of benzene rings is 1. The van der Waals surface area contributed by atoms with E-state index in [9.17, 15) is 14.7 Å². The molecule has 0 heterocycles. The molecule has 0 saturated heterocycles. The Hall–Kier alpha value is -1.89. The van der Waals surface area contributed by atoms with Crippen molar-refractivity contribution >= 4 is 23.8 Å². The van der Waals surface area contributed by atoms with Gasteiger partial charge in [0.15, 0.2) is 0 Å². The molecule has 140 valence electrons. The lowest BCUT2D eigenvalue weighted by Gasteiger charge is -2.32. The predicted molar refractivity (Wildman–Crippen MR) is 99.2 cm³/mol. The molecule has 6 nitrogen and oxygen atoms in total. The summed E-state index contributed by atoms with van der Waals surface area (Å²) in [7, 11) is 1.60. The monoisotopic (exact) mass is 369 g/mol. The number of thioether (sulfide) groups is 1. The molecule has 0 unspecified atom stereocenters. The van der Waals surface area contributed by atoms with Gasteiger partial charge in [0.2, 0.25) is 0 Å². The number of hydrogen-bond acceptors (Lipinski definition) is 5. The number of aliphatic carboxylic acids is 1. The van der Waals surface area contributed by atoms with Crippen molar-refractivity contribution in [2.75, 3.05) is 7.11 Å². The number of hydrogen-bond donors (Lipinski definition) is 2. The largest absolute Gasteiger partial charge is 0.496 e. The van der Waals surface area contributed by atoms with Gasteiger partial charge >= 0.3 is 12.1 Å². The van der Waals surface area contributed by atoms with E-state index in [1.807, 2.05) is 24.3 Å². The maximum atomic E-state index is 12.0. The first-order chi connectivity index (χ1) is 11.5. The molecule has 0 radical (unpaired) electrons. The fourth-order valence-corrected chi connectivity index (χ4v) is 3.22. The molecule has 25 heavy (non-hydrogen) atoms. The van der Waals surface area contributed by atoms with Crippen LogP contribution < -0.4 is 10.1 Å². The third kappa shape index (κ3) is 6.86. The Balaban J connectivity index is 2.83. The molecule has 1 atom stereocenters. The van der Waals surface area contributed by atoms with Crippen LogP contribution in [0.25, 0.3) is 0 Å². The van der Waals surface area contributed by atoms with Crippen LogP contribution in [0.3, 0.4) is 0 Å². The molecule has 1 aromatic rings. The third-order valence-electron chi connectivity index (χ3n) is 3.40. The van der Waals surface area contributed by atoms with E-state index in [-0.39, 0.29) is 0 Å². The molecule has 1 rings (SSSR count). The molecular formula is C18H27NO5S. The number of alkyl carbamates (subject to hydrolysis) is 1. The predicted octanol–water partition coefficient (Wildman–Crippen LogP) is 3.68. The smallest absolute Gasteiger partial charge is 0.408 e. The number of ether oxygens (including phenoxy) is 2. The maximum Gasteiger partial charge on any atom is 0.408 e. The van der Waals surface area contributed by atoms with Crippen LogP contribution in [0, 0.1) is 0 Å². The van der Waals surface area contributed by atoms with Crippen molar-refractivity contribution in [3.63, 3.8) is 0 Å². The van der Waals surface area contributed by atoms with Crippen LogP contribution in [0.2, 0.25) is 0 Å². The summed E-state index contributed by atoms with van der Waals surface area (Å²) in [5, 5.41) is 12.0. The zero-order chi connectivity index (χ0) is 19.3. The molecule has 0 bridgehead atoms. The Morgan fingerprint density at radius 3 is 2.32 bits per heavy atom. The standard InChI is InChI=1S/C18H27NO5S/c1-17(2,3)24-16(22)19-14(15(20)21)18(4,5)25-11-12-9-7-8-10-13(12)23-6/h7-10,14H,11H2,1-6H3,(H,19,22)(H,20,21)/t14-/m1/s1. The summed E-state index contributed by atoms with van der Waals surface area (Å²) in [5.41, 5.74) is 0.270. The number of methoxy groups -OCH3 is 1. The van der Waals surface area contributed by atoms with Gasteiger partial charge in [-0.1, -0.05) is 18.2 Å². The van der Waals surface area contributed by atoms with Crippen LogP contribution in [-0.4, -0.2) is 40.7 Å². The van der Waals surface area contributed by atoms with Crippen molar-refractivity contribution in [3.8, 4) is 5.75 Å². The van der Waals surface area contributed by atoms with E-state index in [2.05, 4.69) is 5.32 Å². The second kappa shape index (κ2) is 8.47. The summed E-state index contributed by atoms with van der Waals surface area (Å²) in [6.45, 7) is 8.74. The van der Waals surface area contributed by atoms with E-state index in [4.69, 9.17) is 9.47 Å². The minimum absolute atomic E-state index is 0.552. The Morgan fingerprint density at radius 2 is 1.80 bits per heavy atom. The molecule has 0 saturated carbocycles. The molecule has 2 N–H and O–H groups in total. The SMILES string of the molecule is COc1ccccc1CSC(C)(C)[C@H](NC(=O)OC(C)(C)C)C(=O)O. The highest BCUT2D eigenvalue weighted by atomic mass is 32.2. The van der Waals surface area contributed by atoms with Crippen LogP contribution in [0.15, 0.2) is 24.3 Å². The molecule has 1 amide bonds. The highest BCUT2D eigenvalue weighted by molar-refractivity contribution is 7.99. The molecule has 0 aliphatic rings. The van der Waals surface area contributed by atoms with Crippen LogP contribution in [0.5, 0.6) is 5.75 Å². The molecule has 0 aliphatic carbocycles. The number of para-hydroxylation sites is 1. The van der Waals surface area contributed by atoms with Gasteiger partial charge in [-0.2, -0.15) is 0 Å². The van der Waals surface area contributed by atoms with Crippen LogP contribution in [-0.2, 0) is 15.3 Å². The number of nitrogens with one attached hydrogen (secondary N) is 1. The third-order valence-corrected chi connectivity index (χ3v) is 4.83. The second-order valence-corrected chi connectivity index (χ2v) is 8.75. The van der Waals surface area contributed by atoms with Gasteiger partial charge in [0.25, 0.3) is 0 Å². The summed E-state index contributed by atoms with van der Waals surface area (Å²) >= 11 is 1.43. The van der Waals surface area contributed by atoms with Gasteiger partial charge in [0.1, 0.15) is 17.4 Å². The lowest BCUT2D eigenvalue weighted by Crippen LogP contribution is -2.53. The van der Waals surface area contributed by atoms with Gasteiger partial charge in [-0.05, 0) is 40.7 Å². The lowest BCUT2D eigenvalue weighted by molar-refractivity contribution is -0.140. The van der Waals surface area contributed by atoms with Gasteiger partial charge in [-0.3, -0.25) is 0 Å². The fraction of sp³-hybridized carbons (Fsp3) is 0.556. The van der Waals surface area contributed by atoms with Crippen LogP contribution in [0.1, 0.15) is 40.2 Å². The first kappa shape index (κ1) is 21.2. The Kier molecular flexibility index (Phi) is 7.17. The molecule has 7 heteroatoms. The molecule has 0 aliphatic heterocycles. The van der Waals surface area contributed by atoms with E-state index in [1.165, 1.54) is 11.8 Å². The topological polar surface area (TPSA) is 84.9 Å². The molecular weight excluding hydrogens is 342 g/mol. The zero-order valence-electron chi connectivity index (χ0n) is 15.6. The summed E-state index contributed by atoms with van der Waals surface area (Å²) in [6.07, 6.45) is -0.745. The number of carbonyl (C=O) groups excluding carboxylic acids is 1. The Labute approximate surface area is 153 Å². The first-order valence-electron chi connectivity index (χ1n) is 7.94. The maximum absolute atomic E-state index is 12.0. The zero-order valence-corrected chi connectivity index (χ0v) is 16.4. The van der Waals surface area contributed by atoms with E-state index in [0.717, 1.165) is 11.3 Å². The van der Waals surface area contributed by atoms with Crippen LogP contribution in [0.4, 0.5) is 4.79 Å². The van der Waals surface area contributed by atoms with E-state index in [0.29, 0.717) is 5.75 Å². The quantitative estimate of drug-likeness (QED) is 0.762. The van der Waals surface area contributed by atoms with E-state index < -0.39 is 28.5 Å². The molecule has 1 aromatic carbocycles. The summed E-state index contributed by atoms with van der Waals surface area (Å²) in [5.74, 6) is 0.192. The normalized spacial score (nSPS) is 13.0. The lowest BCUT2D eigenvalue weighted by atomic mass is 10.0. The molecule has 0 fully saturated rings. The Morgan fingerprint density at radius 1 is 1.20 bits per heavy atom. The van der Waals surface area contributed by atoms with Gasteiger partial charge in [0.05, 0.1) is 7.11 Å². The summed E-state index contributed by atoms with van der Waals surface area (Å²) in [4.78, 5) is 23.6. The van der Waals surface area contributed by atoms with Crippen molar-refractivity contribution in [3.05, 3.63) is 29.8 Å². The Bertz CT molecular complexity index is 610. The number of amides is 1. The van der Waals surface area contributed by atoms with Gasteiger partial charge < -0.3 is 19.9 Å². The average Bonchev–Trinajstić information content (AvgIpc) is 2.48. The van der Waals surface area contributed by atoms with Crippen molar-refractivity contribution in [1.29, 1.82) is 0 Å². The number of carboxylic acids is 1. The molecule has 0 spiro atoms. The fourth-order valence-electron chi connectivity index (χ4n) is 2.13. The highest BCUT2D eigenvalue weighted by Gasteiger charge is 2.38. The minimum atomic E-state index is -1.11. The second-order valence-electron chi connectivity index (χ2n) is 7.12. The average molecular weight is 369 g/mol. The first-order valence-corrected chi connectivity index (χ1v) is 8.93. The minimum Gasteiger partial charge on any atom is -0.496 e. The van der Waals surface area contributed by atoms with E-state index in [1.54, 1.807) is 41.7 Å². The number of carbonyl (C=O) groups is 2. The highest BCUT2D eigenvalue weighted by Crippen LogP contribution is 2.34. The number of carboxylic acid groups (broad SMARTS) is 1. The molecule has 0 aromatic heterocycles.